The first-order chi connectivity index (χ1) is 16.0. The van der Waals surface area contributed by atoms with Crippen LogP contribution in [0.4, 0.5) is 13.2 Å². The number of phenols is 1. The topological polar surface area (TPSA) is 106 Å². The van der Waals surface area contributed by atoms with Crippen LogP contribution in [0.25, 0.3) is 22.3 Å². The van der Waals surface area contributed by atoms with E-state index in [0.29, 0.717) is 12.8 Å². The molecule has 3 aromatic rings. The average molecular weight is 499 g/mol. The highest BCUT2D eigenvalue weighted by molar-refractivity contribution is 6.35. The normalized spacial score (nSPS) is 18.0. The second-order valence-electron chi connectivity index (χ2n) is 7.80. The quantitative estimate of drug-likeness (QED) is 0.437. The summed E-state index contributed by atoms with van der Waals surface area (Å²) in [7, 11) is 0. The lowest BCUT2D eigenvalue weighted by molar-refractivity contribution is -0.151. The van der Waals surface area contributed by atoms with E-state index in [9.17, 15) is 27.9 Å². The van der Waals surface area contributed by atoms with Crippen LogP contribution in [-0.2, 0) is 15.7 Å². The van der Waals surface area contributed by atoms with Gasteiger partial charge < -0.3 is 24.1 Å². The van der Waals surface area contributed by atoms with Crippen LogP contribution in [0.2, 0.25) is 5.02 Å². The van der Waals surface area contributed by atoms with Crippen LogP contribution in [0, 0.1) is 5.92 Å². The van der Waals surface area contributed by atoms with Crippen molar-refractivity contribution in [2.75, 3.05) is 13.2 Å². The van der Waals surface area contributed by atoms with Crippen molar-refractivity contribution in [3.05, 3.63) is 57.2 Å². The number of ether oxygens (including phenoxy) is 2. The number of fused-ring (bicyclic) bond motifs is 1. The molecule has 2 N–H and O–H groups in total. The van der Waals surface area contributed by atoms with Gasteiger partial charge in [-0.05, 0) is 43.2 Å². The van der Waals surface area contributed by atoms with Crippen molar-refractivity contribution in [2.45, 2.75) is 25.1 Å². The molecular formula is C23H18ClF3O7. The molecule has 7 nitrogen and oxygen atoms in total. The average Bonchev–Trinajstić information content (AvgIpc) is 2.73. The van der Waals surface area contributed by atoms with E-state index in [1.807, 2.05) is 0 Å². The SMILES string of the molecule is O=c1cc(-c2ccc(C(F)(F)F)cc2OCCO[C@H]2C[C@@H](C(=O)O)C2)oc2c(Cl)ccc(O)c12. The van der Waals surface area contributed by atoms with Crippen LogP contribution in [-0.4, -0.2) is 35.5 Å². The molecule has 0 spiro atoms. The summed E-state index contributed by atoms with van der Waals surface area (Å²) in [6, 6.07) is 6.31. The lowest BCUT2D eigenvalue weighted by Crippen LogP contribution is -2.37. The van der Waals surface area contributed by atoms with Crippen molar-refractivity contribution in [1.29, 1.82) is 0 Å². The van der Waals surface area contributed by atoms with Gasteiger partial charge in [-0.3, -0.25) is 9.59 Å². The zero-order valence-electron chi connectivity index (χ0n) is 17.4. The van der Waals surface area contributed by atoms with Gasteiger partial charge in [0.05, 0.1) is 34.8 Å². The summed E-state index contributed by atoms with van der Waals surface area (Å²) in [6.07, 6.45) is -4.16. The lowest BCUT2D eigenvalue weighted by atomic mass is 9.82. The highest BCUT2D eigenvalue weighted by Gasteiger charge is 2.35. The Bertz CT molecular complexity index is 1300. The van der Waals surface area contributed by atoms with Crippen LogP contribution in [0.5, 0.6) is 11.5 Å². The molecule has 0 saturated heterocycles. The summed E-state index contributed by atoms with van der Waals surface area (Å²) >= 11 is 6.09. The molecule has 1 heterocycles. The van der Waals surface area contributed by atoms with Gasteiger partial charge in [0, 0.05) is 6.07 Å². The molecule has 1 aliphatic rings. The van der Waals surface area contributed by atoms with E-state index in [0.717, 1.165) is 24.3 Å². The van der Waals surface area contributed by atoms with Gasteiger partial charge in [0.25, 0.3) is 0 Å². The fourth-order valence-corrected chi connectivity index (χ4v) is 3.84. The maximum Gasteiger partial charge on any atom is 0.416 e. The summed E-state index contributed by atoms with van der Waals surface area (Å²) in [5.74, 6) is -1.99. The van der Waals surface area contributed by atoms with Crippen LogP contribution in [0.3, 0.4) is 0 Å². The maximum atomic E-state index is 13.3. The zero-order chi connectivity index (χ0) is 24.6. The van der Waals surface area contributed by atoms with E-state index >= 15 is 0 Å². The van der Waals surface area contributed by atoms with E-state index in [1.165, 1.54) is 12.1 Å². The summed E-state index contributed by atoms with van der Waals surface area (Å²) in [5, 5.41) is 18.7. The molecule has 0 amide bonds. The molecule has 0 bridgehead atoms. The molecule has 0 atom stereocenters. The number of aliphatic carboxylic acids is 1. The maximum absolute atomic E-state index is 13.3. The molecule has 180 valence electrons. The molecule has 11 heteroatoms. The van der Waals surface area contributed by atoms with Crippen LogP contribution < -0.4 is 10.2 Å². The van der Waals surface area contributed by atoms with Crippen molar-refractivity contribution in [1.82, 2.24) is 0 Å². The Hall–Kier alpha value is -3.24. The minimum Gasteiger partial charge on any atom is -0.507 e. The predicted octanol–water partition coefficient (Wildman–Crippen LogP) is 5.10. The molecule has 1 saturated carbocycles. The Labute approximate surface area is 195 Å². The van der Waals surface area contributed by atoms with Crippen molar-refractivity contribution in [2.24, 2.45) is 5.92 Å². The first-order valence-corrected chi connectivity index (χ1v) is 10.6. The van der Waals surface area contributed by atoms with Gasteiger partial charge in [0.1, 0.15) is 29.3 Å². The van der Waals surface area contributed by atoms with Gasteiger partial charge in [-0.25, -0.2) is 0 Å². The highest BCUT2D eigenvalue weighted by Crippen LogP contribution is 2.39. The molecule has 0 unspecified atom stereocenters. The standard InChI is InChI=1S/C23H18ClF3O7/c24-15-3-4-16(28)20-17(29)10-19(34-21(15)20)14-2-1-12(23(25,26)27)9-18(14)33-6-5-32-13-7-11(8-13)22(30)31/h1-4,9-11,13,28H,5-8H2,(H,30,31)/t11-,13+. The molecule has 34 heavy (non-hydrogen) atoms. The van der Waals surface area contributed by atoms with E-state index < -0.39 is 29.1 Å². The number of alkyl halides is 3. The molecule has 1 aromatic heterocycles. The first kappa shape index (κ1) is 23.9. The number of carbonyl (C=O) groups is 1. The minimum atomic E-state index is -4.63. The Morgan fingerprint density at radius 3 is 2.56 bits per heavy atom. The largest absolute Gasteiger partial charge is 0.507 e. The number of phenolic OH excluding ortho intramolecular Hbond substituents is 1. The predicted molar refractivity (Wildman–Crippen MR) is 115 cm³/mol. The Balaban J connectivity index is 1.61. The zero-order valence-corrected chi connectivity index (χ0v) is 18.2. The Morgan fingerprint density at radius 2 is 1.88 bits per heavy atom. The fraction of sp³-hybridized carbons (Fsp3) is 0.304. The summed E-state index contributed by atoms with van der Waals surface area (Å²) in [5.41, 5.74) is -1.64. The number of carboxylic acid groups (broad SMARTS) is 1. The number of carboxylic acids is 1. The number of rotatable bonds is 7. The number of hydrogen-bond acceptors (Lipinski definition) is 6. The van der Waals surface area contributed by atoms with Crippen LogP contribution >= 0.6 is 11.6 Å². The smallest absolute Gasteiger partial charge is 0.416 e. The summed E-state index contributed by atoms with van der Waals surface area (Å²) in [6.45, 7) is -0.101. The molecule has 1 fully saturated rings. The van der Waals surface area contributed by atoms with Crippen molar-refractivity contribution in [3.63, 3.8) is 0 Å². The molecule has 4 rings (SSSR count). The summed E-state index contributed by atoms with van der Waals surface area (Å²) in [4.78, 5) is 23.4. The van der Waals surface area contributed by atoms with E-state index in [1.54, 1.807) is 0 Å². The molecular weight excluding hydrogens is 481 g/mol. The van der Waals surface area contributed by atoms with Crippen molar-refractivity contribution >= 4 is 28.5 Å². The molecule has 1 aliphatic carbocycles. The van der Waals surface area contributed by atoms with Gasteiger partial charge in [-0.1, -0.05) is 11.6 Å². The van der Waals surface area contributed by atoms with E-state index in [4.69, 9.17) is 30.6 Å². The summed E-state index contributed by atoms with van der Waals surface area (Å²) < 4.78 is 56.5. The van der Waals surface area contributed by atoms with Gasteiger partial charge in [-0.15, -0.1) is 0 Å². The van der Waals surface area contributed by atoms with Gasteiger partial charge in [-0.2, -0.15) is 13.2 Å². The third-order valence-corrected chi connectivity index (χ3v) is 5.82. The number of hydrogen-bond donors (Lipinski definition) is 2. The second-order valence-corrected chi connectivity index (χ2v) is 8.21. The molecule has 0 aliphatic heterocycles. The number of benzene rings is 2. The second kappa shape index (κ2) is 9.19. The Kier molecular flexibility index (Phi) is 6.46. The van der Waals surface area contributed by atoms with Gasteiger partial charge in [0.15, 0.2) is 11.0 Å². The lowest BCUT2D eigenvalue weighted by Gasteiger charge is -2.32. The fourth-order valence-electron chi connectivity index (χ4n) is 3.64. The third-order valence-electron chi connectivity index (χ3n) is 5.52. The van der Waals surface area contributed by atoms with Gasteiger partial charge >= 0.3 is 12.1 Å². The van der Waals surface area contributed by atoms with Crippen molar-refractivity contribution < 1.29 is 42.1 Å². The third kappa shape index (κ3) is 4.83. The highest BCUT2D eigenvalue weighted by atomic mass is 35.5. The minimum absolute atomic E-state index is 0.0219. The number of halogens is 4. The Morgan fingerprint density at radius 1 is 1.15 bits per heavy atom. The van der Waals surface area contributed by atoms with Crippen LogP contribution in [0.15, 0.2) is 45.6 Å². The van der Waals surface area contributed by atoms with E-state index in [2.05, 4.69) is 0 Å². The molecule has 2 aromatic carbocycles. The number of aromatic hydroxyl groups is 1. The van der Waals surface area contributed by atoms with Gasteiger partial charge in [0.2, 0.25) is 0 Å². The monoisotopic (exact) mass is 498 g/mol. The molecule has 0 radical (unpaired) electrons. The van der Waals surface area contributed by atoms with Crippen LogP contribution in [0.1, 0.15) is 18.4 Å². The first-order valence-electron chi connectivity index (χ1n) is 10.2. The van der Waals surface area contributed by atoms with E-state index in [-0.39, 0.29) is 58.1 Å². The van der Waals surface area contributed by atoms with Crippen molar-refractivity contribution in [3.8, 4) is 22.8 Å².